The molecule has 4 aliphatic carbocycles. The first-order chi connectivity index (χ1) is 18.2. The molecule has 0 aromatic rings. The van der Waals surface area contributed by atoms with Gasteiger partial charge in [-0.1, -0.05) is 39.3 Å². The van der Waals surface area contributed by atoms with Gasteiger partial charge in [0.15, 0.2) is 18.0 Å². The van der Waals surface area contributed by atoms with E-state index in [1.807, 2.05) is 27.7 Å². The lowest BCUT2D eigenvalue weighted by Gasteiger charge is -2.63. The molecule has 3 saturated carbocycles. The zero-order chi connectivity index (χ0) is 28.8. The first kappa shape index (κ1) is 29.6. The van der Waals surface area contributed by atoms with Crippen LogP contribution in [0.4, 0.5) is 9.59 Å². The summed E-state index contributed by atoms with van der Waals surface area (Å²) in [6, 6.07) is 0. The summed E-state index contributed by atoms with van der Waals surface area (Å²) in [4.78, 5) is 49.6. The number of rotatable bonds is 7. The average Bonchev–Trinajstić information content (AvgIpc) is 3.15. The van der Waals surface area contributed by atoms with Crippen LogP contribution >= 0.6 is 11.6 Å². The lowest BCUT2D eigenvalue weighted by molar-refractivity contribution is -0.179. The van der Waals surface area contributed by atoms with E-state index >= 15 is 0 Å². The highest BCUT2D eigenvalue weighted by Crippen LogP contribution is 2.71. The third-order valence-corrected chi connectivity index (χ3v) is 10.5. The summed E-state index contributed by atoms with van der Waals surface area (Å²) in [5.41, 5.74) is -2.58. The van der Waals surface area contributed by atoms with Gasteiger partial charge in [0.1, 0.15) is 0 Å². The summed E-state index contributed by atoms with van der Waals surface area (Å²) in [5.74, 6) is -1.05. The third kappa shape index (κ3) is 4.59. The van der Waals surface area contributed by atoms with Crippen LogP contribution in [0.5, 0.6) is 0 Å². The summed E-state index contributed by atoms with van der Waals surface area (Å²) in [6.45, 7) is 8.70. The van der Waals surface area contributed by atoms with Crippen molar-refractivity contribution in [2.24, 2.45) is 28.6 Å². The Balaban J connectivity index is 1.68. The molecule has 1 unspecified atom stereocenters. The van der Waals surface area contributed by atoms with Crippen molar-refractivity contribution in [3.8, 4) is 0 Å². The van der Waals surface area contributed by atoms with Crippen LogP contribution in [-0.4, -0.2) is 65.4 Å². The second kappa shape index (κ2) is 10.5. The molecule has 0 aromatic carbocycles. The molecule has 0 heterocycles. The Morgan fingerprint density at radius 1 is 1.10 bits per heavy atom. The molecule has 7 atom stereocenters. The minimum Gasteiger partial charge on any atom is -0.435 e. The van der Waals surface area contributed by atoms with Crippen molar-refractivity contribution in [3.63, 3.8) is 0 Å². The molecule has 0 aromatic heterocycles. The van der Waals surface area contributed by atoms with Crippen molar-refractivity contribution in [2.75, 3.05) is 19.8 Å². The van der Waals surface area contributed by atoms with E-state index in [9.17, 15) is 24.3 Å². The molecule has 0 radical (unpaired) electrons. The summed E-state index contributed by atoms with van der Waals surface area (Å²) < 4.78 is 21.1. The standard InChI is InChI=1S/C29H39ClO9/c1-6-36-25(35)39-28(23(33)16-38-24(34)37-15-17(2)3)12-10-20-21-8-7-18-13-19(31)9-11-26(18,4)29(21,30)22(32)14-27(20,28)5/h9,11,13,17,20-22,32H,6-8,10,12,14-16H2,1-5H3/t20-,21-,22?,26-,27-,28-,29-/m0/s1. The van der Waals surface area contributed by atoms with E-state index < -0.39 is 52.1 Å². The molecule has 0 saturated heterocycles. The van der Waals surface area contributed by atoms with Crippen molar-refractivity contribution < 1.29 is 43.2 Å². The quantitative estimate of drug-likeness (QED) is 0.337. The van der Waals surface area contributed by atoms with Crippen LogP contribution in [0.3, 0.4) is 0 Å². The van der Waals surface area contributed by atoms with Gasteiger partial charge in [0.05, 0.1) is 24.2 Å². The maximum atomic E-state index is 13.8. The predicted molar refractivity (Wildman–Crippen MR) is 141 cm³/mol. The molecule has 4 rings (SSSR count). The molecule has 216 valence electrons. The second-order valence-electron chi connectivity index (χ2n) is 12.1. The molecule has 10 heteroatoms. The molecular weight excluding hydrogens is 528 g/mol. The fourth-order valence-electron chi connectivity index (χ4n) is 7.69. The minimum absolute atomic E-state index is 0.0514. The fourth-order valence-corrected chi connectivity index (χ4v) is 8.21. The van der Waals surface area contributed by atoms with Gasteiger partial charge >= 0.3 is 12.3 Å². The molecular formula is C29H39ClO9. The largest absolute Gasteiger partial charge is 0.509 e. The number of halogens is 1. The Kier molecular flexibility index (Phi) is 8.00. The Morgan fingerprint density at radius 2 is 1.82 bits per heavy atom. The van der Waals surface area contributed by atoms with Crippen LogP contribution in [0, 0.1) is 28.6 Å². The number of fused-ring (bicyclic) bond motifs is 5. The van der Waals surface area contributed by atoms with Crippen LogP contribution < -0.4 is 0 Å². The normalized spacial score (nSPS) is 38.7. The van der Waals surface area contributed by atoms with Gasteiger partial charge in [-0.2, -0.15) is 0 Å². The van der Waals surface area contributed by atoms with Gasteiger partial charge in [-0.3, -0.25) is 9.59 Å². The molecule has 4 aliphatic rings. The molecule has 0 aliphatic heterocycles. The van der Waals surface area contributed by atoms with Crippen LogP contribution in [0.2, 0.25) is 0 Å². The maximum Gasteiger partial charge on any atom is 0.509 e. The Morgan fingerprint density at radius 3 is 2.49 bits per heavy atom. The molecule has 1 N–H and O–H groups in total. The summed E-state index contributed by atoms with van der Waals surface area (Å²) in [7, 11) is 0. The number of allylic oxidation sites excluding steroid dienone is 4. The van der Waals surface area contributed by atoms with Gasteiger partial charge in [0.25, 0.3) is 0 Å². The highest BCUT2D eigenvalue weighted by Gasteiger charge is 2.74. The number of aliphatic hydroxyl groups excluding tert-OH is 1. The van der Waals surface area contributed by atoms with E-state index in [0.29, 0.717) is 19.3 Å². The summed E-state index contributed by atoms with van der Waals surface area (Å²) >= 11 is 7.45. The molecule has 39 heavy (non-hydrogen) atoms. The zero-order valence-electron chi connectivity index (χ0n) is 23.3. The fraction of sp³-hybridized carbons (Fsp3) is 0.724. The van der Waals surface area contributed by atoms with Crippen molar-refractivity contribution >= 4 is 35.5 Å². The third-order valence-electron chi connectivity index (χ3n) is 9.59. The summed E-state index contributed by atoms with van der Waals surface area (Å²) in [6.07, 6.45) is 3.79. The maximum absolute atomic E-state index is 13.8. The van der Waals surface area contributed by atoms with Gasteiger partial charge in [-0.25, -0.2) is 9.59 Å². The van der Waals surface area contributed by atoms with E-state index in [4.69, 9.17) is 30.5 Å². The monoisotopic (exact) mass is 566 g/mol. The van der Waals surface area contributed by atoms with Crippen LogP contribution in [0.25, 0.3) is 0 Å². The van der Waals surface area contributed by atoms with E-state index in [1.165, 1.54) is 6.08 Å². The molecule has 3 fully saturated rings. The first-order valence-corrected chi connectivity index (χ1v) is 14.1. The van der Waals surface area contributed by atoms with E-state index in [0.717, 1.165) is 5.57 Å². The van der Waals surface area contributed by atoms with Gasteiger partial charge in [-0.05, 0) is 68.9 Å². The smallest absolute Gasteiger partial charge is 0.435 e. The number of hydrogen-bond donors (Lipinski definition) is 1. The molecule has 9 nitrogen and oxygen atoms in total. The predicted octanol–water partition coefficient (Wildman–Crippen LogP) is 4.92. The highest BCUT2D eigenvalue weighted by molar-refractivity contribution is 6.26. The Labute approximate surface area is 234 Å². The van der Waals surface area contributed by atoms with Gasteiger partial charge in [0.2, 0.25) is 5.78 Å². The SMILES string of the molecule is CCOC(=O)O[C@]1(C(=O)COC(=O)OCC(C)C)CC[C@H]2[C@@H]3CCC4=CC(=O)C=C[C@]4(C)[C@@]3(Cl)C(O)C[C@@]21C. The minimum atomic E-state index is -1.70. The second-order valence-corrected chi connectivity index (χ2v) is 12.7. The van der Waals surface area contributed by atoms with Crippen molar-refractivity contribution in [1.29, 1.82) is 0 Å². The molecule has 0 bridgehead atoms. The number of aliphatic hydroxyl groups is 1. The number of ether oxygens (including phenoxy) is 4. The highest BCUT2D eigenvalue weighted by atomic mass is 35.5. The zero-order valence-corrected chi connectivity index (χ0v) is 24.0. The lowest BCUT2D eigenvalue weighted by Crippen LogP contribution is -2.69. The van der Waals surface area contributed by atoms with E-state index in [1.54, 1.807) is 19.1 Å². The Bertz CT molecular complexity index is 1100. The number of carbonyl (C=O) groups is 4. The van der Waals surface area contributed by atoms with E-state index in [-0.39, 0.29) is 49.6 Å². The number of carbonyl (C=O) groups excluding carboxylic acids is 4. The first-order valence-electron chi connectivity index (χ1n) is 13.7. The van der Waals surface area contributed by atoms with Crippen LogP contribution in [0.1, 0.15) is 66.7 Å². The average molecular weight is 567 g/mol. The van der Waals surface area contributed by atoms with Crippen LogP contribution in [0.15, 0.2) is 23.8 Å². The number of alkyl halides is 1. The number of Topliss-reactive ketones (excluding diaryl/α,β-unsaturated/α-hetero) is 1. The summed E-state index contributed by atoms with van der Waals surface area (Å²) in [5, 5.41) is 11.8. The van der Waals surface area contributed by atoms with Gasteiger partial charge in [0, 0.05) is 10.8 Å². The van der Waals surface area contributed by atoms with Crippen molar-refractivity contribution in [2.45, 2.75) is 83.3 Å². The van der Waals surface area contributed by atoms with Crippen LogP contribution in [-0.2, 0) is 28.5 Å². The molecule has 0 spiro atoms. The van der Waals surface area contributed by atoms with Crippen molar-refractivity contribution in [1.82, 2.24) is 0 Å². The lowest BCUT2D eigenvalue weighted by atomic mass is 9.45. The van der Waals surface area contributed by atoms with Gasteiger partial charge < -0.3 is 24.1 Å². The number of ketones is 2. The Hall–Kier alpha value is -2.39. The topological polar surface area (TPSA) is 125 Å². The molecule has 0 amide bonds. The van der Waals surface area contributed by atoms with Crippen molar-refractivity contribution in [3.05, 3.63) is 23.8 Å². The number of hydrogen-bond acceptors (Lipinski definition) is 9. The van der Waals surface area contributed by atoms with E-state index in [2.05, 4.69) is 0 Å². The van der Waals surface area contributed by atoms with Gasteiger partial charge in [-0.15, -0.1) is 11.6 Å².